The van der Waals surface area contributed by atoms with Gasteiger partial charge in [-0.05, 0) is 53.6 Å². The Kier molecular flexibility index (Phi) is 7.30. The van der Waals surface area contributed by atoms with E-state index in [0.29, 0.717) is 39.0 Å². The molecule has 0 radical (unpaired) electrons. The molecule has 1 amide bonds. The van der Waals surface area contributed by atoms with Crippen LogP contribution < -0.4 is 10.1 Å². The Morgan fingerprint density at radius 2 is 1.90 bits per heavy atom. The molecule has 3 rings (SSSR count). The predicted molar refractivity (Wildman–Crippen MR) is 121 cm³/mol. The van der Waals surface area contributed by atoms with E-state index < -0.39 is 5.91 Å². The van der Waals surface area contributed by atoms with Crippen LogP contribution in [-0.4, -0.2) is 13.0 Å². The van der Waals surface area contributed by atoms with Crippen molar-refractivity contribution in [1.29, 1.82) is 5.26 Å². The smallest absolute Gasteiger partial charge is 0.266 e. The zero-order valence-electron chi connectivity index (χ0n) is 16.5. The summed E-state index contributed by atoms with van der Waals surface area (Å²) in [5.41, 5.74) is 2.19. The quantitative estimate of drug-likeness (QED) is 0.352. The minimum absolute atomic E-state index is 0.129. The molecule has 31 heavy (non-hydrogen) atoms. The number of hydrogen-bond donors (Lipinski definition) is 1. The Balaban J connectivity index is 1.90. The molecular weight excluding hydrogens is 438 g/mol. The number of carbonyl (C=O) groups excluding carboxylic acids is 1. The molecule has 1 N–H and O–H groups in total. The van der Waals surface area contributed by atoms with E-state index in [1.807, 2.05) is 6.07 Å². The van der Waals surface area contributed by atoms with Crippen molar-refractivity contribution in [3.8, 4) is 11.8 Å². The Morgan fingerprint density at radius 1 is 1.13 bits per heavy atom. The summed E-state index contributed by atoms with van der Waals surface area (Å²) in [5.74, 6) is -0.475. The lowest BCUT2D eigenvalue weighted by molar-refractivity contribution is -0.112. The summed E-state index contributed by atoms with van der Waals surface area (Å²) in [6.45, 7) is 0. The van der Waals surface area contributed by atoms with Crippen LogP contribution in [0.4, 0.5) is 10.1 Å². The number of hydrogen-bond acceptors (Lipinski definition) is 3. The van der Waals surface area contributed by atoms with Gasteiger partial charge in [0, 0.05) is 17.0 Å². The Labute approximate surface area is 189 Å². The Bertz CT molecular complexity index is 1200. The molecule has 0 bridgehead atoms. The molecule has 0 aliphatic rings. The van der Waals surface area contributed by atoms with Crippen molar-refractivity contribution >= 4 is 40.9 Å². The number of amides is 1. The largest absolute Gasteiger partial charge is 0.496 e. The summed E-state index contributed by atoms with van der Waals surface area (Å²) < 4.78 is 19.0. The SMILES string of the molecule is COc1cc(/C=C(\C#N)C(=O)Nc2ccccc2Cl)cc(Cl)c1Cc1cccc(F)c1. The first-order valence-corrected chi connectivity index (χ1v) is 9.95. The normalized spacial score (nSPS) is 11.0. The van der Waals surface area contributed by atoms with Crippen LogP contribution in [0.25, 0.3) is 6.08 Å². The van der Waals surface area contributed by atoms with Crippen molar-refractivity contribution in [2.75, 3.05) is 12.4 Å². The van der Waals surface area contributed by atoms with Gasteiger partial charge < -0.3 is 10.1 Å². The molecule has 0 saturated carbocycles. The van der Waals surface area contributed by atoms with Crippen LogP contribution in [0.1, 0.15) is 16.7 Å². The molecule has 7 heteroatoms. The van der Waals surface area contributed by atoms with Crippen molar-refractivity contribution in [2.45, 2.75) is 6.42 Å². The molecule has 0 heterocycles. The second-order valence-corrected chi connectivity index (χ2v) is 7.41. The Morgan fingerprint density at radius 3 is 2.58 bits per heavy atom. The van der Waals surface area contributed by atoms with Gasteiger partial charge in [0.15, 0.2) is 0 Å². The predicted octanol–water partition coefficient (Wildman–Crippen LogP) is 6.28. The van der Waals surface area contributed by atoms with Crippen molar-refractivity contribution in [3.05, 3.63) is 98.8 Å². The van der Waals surface area contributed by atoms with Crippen LogP contribution >= 0.6 is 23.2 Å². The van der Waals surface area contributed by atoms with E-state index in [4.69, 9.17) is 27.9 Å². The lowest BCUT2D eigenvalue weighted by Crippen LogP contribution is -2.13. The van der Waals surface area contributed by atoms with E-state index in [-0.39, 0.29) is 11.4 Å². The van der Waals surface area contributed by atoms with Crippen molar-refractivity contribution in [2.24, 2.45) is 0 Å². The van der Waals surface area contributed by atoms with E-state index in [1.54, 1.807) is 48.5 Å². The molecule has 0 fully saturated rings. The molecule has 0 atom stereocenters. The third-order valence-corrected chi connectivity index (χ3v) is 5.13. The molecule has 0 spiro atoms. The third kappa shape index (κ3) is 5.64. The van der Waals surface area contributed by atoms with E-state index in [1.165, 1.54) is 25.3 Å². The highest BCUT2D eigenvalue weighted by Crippen LogP contribution is 2.32. The molecule has 3 aromatic carbocycles. The number of anilines is 1. The van der Waals surface area contributed by atoms with Gasteiger partial charge in [0.1, 0.15) is 23.2 Å². The summed E-state index contributed by atoms with van der Waals surface area (Å²) in [5, 5.41) is 12.8. The summed E-state index contributed by atoms with van der Waals surface area (Å²) >= 11 is 12.5. The maximum absolute atomic E-state index is 13.5. The van der Waals surface area contributed by atoms with Gasteiger partial charge >= 0.3 is 0 Å². The highest BCUT2D eigenvalue weighted by molar-refractivity contribution is 6.34. The number of para-hydroxylation sites is 1. The fraction of sp³-hybridized carbons (Fsp3) is 0.0833. The number of carbonyl (C=O) groups is 1. The molecule has 0 saturated heterocycles. The Hall–Kier alpha value is -3.33. The monoisotopic (exact) mass is 454 g/mol. The number of halogens is 3. The van der Waals surface area contributed by atoms with Gasteiger partial charge in [0.2, 0.25) is 0 Å². The van der Waals surface area contributed by atoms with Crippen molar-refractivity contribution < 1.29 is 13.9 Å². The van der Waals surface area contributed by atoms with Crippen LogP contribution in [0, 0.1) is 17.1 Å². The van der Waals surface area contributed by atoms with E-state index in [9.17, 15) is 14.4 Å². The molecule has 4 nitrogen and oxygen atoms in total. The summed E-state index contributed by atoms with van der Waals surface area (Å²) in [6, 6.07) is 18.1. The van der Waals surface area contributed by atoms with Crippen LogP contribution in [-0.2, 0) is 11.2 Å². The lowest BCUT2D eigenvalue weighted by Gasteiger charge is -2.13. The number of ether oxygens (including phenoxy) is 1. The van der Waals surface area contributed by atoms with Gasteiger partial charge in [-0.1, -0.05) is 47.5 Å². The second-order valence-electron chi connectivity index (χ2n) is 6.59. The summed E-state index contributed by atoms with van der Waals surface area (Å²) in [6.07, 6.45) is 1.77. The fourth-order valence-corrected chi connectivity index (χ4v) is 3.46. The van der Waals surface area contributed by atoms with E-state index in [2.05, 4.69) is 5.32 Å². The molecule has 3 aromatic rings. The zero-order valence-corrected chi connectivity index (χ0v) is 18.0. The zero-order chi connectivity index (χ0) is 22.4. The van der Waals surface area contributed by atoms with Gasteiger partial charge in [-0.25, -0.2) is 4.39 Å². The number of nitrogens with one attached hydrogen (secondary N) is 1. The molecule has 0 aromatic heterocycles. The van der Waals surface area contributed by atoms with E-state index >= 15 is 0 Å². The molecule has 0 aliphatic heterocycles. The van der Waals surface area contributed by atoms with Gasteiger partial charge in [0.05, 0.1) is 17.8 Å². The number of nitriles is 1. The fourth-order valence-electron chi connectivity index (χ4n) is 2.99. The topological polar surface area (TPSA) is 62.1 Å². The summed E-state index contributed by atoms with van der Waals surface area (Å²) in [7, 11) is 1.49. The molecule has 156 valence electrons. The standard InChI is InChI=1S/C24H17Cl2FN2O2/c1-31-23-13-16(12-21(26)19(23)11-15-5-4-6-18(27)10-15)9-17(14-28)24(30)29-22-8-3-2-7-20(22)25/h2-10,12-13H,11H2,1H3,(H,29,30)/b17-9+. The maximum atomic E-state index is 13.5. The number of nitrogens with zero attached hydrogens (tertiary/aromatic N) is 1. The summed E-state index contributed by atoms with van der Waals surface area (Å²) in [4.78, 5) is 12.5. The van der Waals surface area contributed by atoms with Crippen molar-refractivity contribution in [1.82, 2.24) is 0 Å². The number of rotatable bonds is 6. The second kappa shape index (κ2) is 10.1. The minimum atomic E-state index is -0.602. The van der Waals surface area contributed by atoms with E-state index in [0.717, 1.165) is 5.56 Å². The maximum Gasteiger partial charge on any atom is 0.266 e. The first-order chi connectivity index (χ1) is 14.9. The highest BCUT2D eigenvalue weighted by atomic mass is 35.5. The van der Waals surface area contributed by atoms with Gasteiger partial charge in [-0.15, -0.1) is 0 Å². The third-order valence-electron chi connectivity index (χ3n) is 4.46. The molecular formula is C24H17Cl2FN2O2. The van der Waals surface area contributed by atoms with Crippen molar-refractivity contribution in [3.63, 3.8) is 0 Å². The molecule has 0 unspecified atom stereocenters. The number of benzene rings is 3. The van der Waals surface area contributed by atoms with Crippen LogP contribution in [0.2, 0.25) is 10.0 Å². The van der Waals surface area contributed by atoms with Gasteiger partial charge in [-0.3, -0.25) is 4.79 Å². The lowest BCUT2D eigenvalue weighted by atomic mass is 10.0. The first kappa shape index (κ1) is 22.4. The number of methoxy groups -OCH3 is 1. The van der Waals surface area contributed by atoms with Gasteiger partial charge in [0.25, 0.3) is 5.91 Å². The molecule has 0 aliphatic carbocycles. The minimum Gasteiger partial charge on any atom is -0.496 e. The average molecular weight is 455 g/mol. The van der Waals surface area contributed by atoms with Crippen LogP contribution in [0.5, 0.6) is 5.75 Å². The average Bonchev–Trinajstić information content (AvgIpc) is 2.75. The highest BCUT2D eigenvalue weighted by Gasteiger charge is 2.15. The van der Waals surface area contributed by atoms with Gasteiger partial charge in [-0.2, -0.15) is 5.26 Å². The van der Waals surface area contributed by atoms with Crippen LogP contribution in [0.15, 0.2) is 66.2 Å². The first-order valence-electron chi connectivity index (χ1n) is 9.19. The van der Waals surface area contributed by atoms with Crippen LogP contribution in [0.3, 0.4) is 0 Å².